The van der Waals surface area contributed by atoms with Gasteiger partial charge in [0.15, 0.2) is 0 Å². The van der Waals surface area contributed by atoms with Gasteiger partial charge in [-0.15, -0.1) is 0 Å². The van der Waals surface area contributed by atoms with Crippen LogP contribution in [-0.2, 0) is 10.0 Å². The van der Waals surface area contributed by atoms with Gasteiger partial charge < -0.3 is 0 Å². The number of halogens is 3. The van der Waals surface area contributed by atoms with Gasteiger partial charge >= 0.3 is 0 Å². The number of hydrogen-bond acceptors (Lipinski definition) is 3. The van der Waals surface area contributed by atoms with Crippen molar-refractivity contribution < 1.29 is 17.2 Å². The first-order chi connectivity index (χ1) is 6.73. The van der Waals surface area contributed by atoms with E-state index in [4.69, 9.17) is 5.14 Å². The Morgan fingerprint density at radius 1 is 1.53 bits per heavy atom. The van der Waals surface area contributed by atoms with Crippen molar-refractivity contribution in [2.75, 3.05) is 0 Å². The number of aromatic nitrogens is 1. The maximum Gasteiger partial charge on any atom is 0.280 e. The molecule has 2 N–H and O–H groups in total. The average Bonchev–Trinajstić information content (AvgIpc) is 2.06. The summed E-state index contributed by atoms with van der Waals surface area (Å²) in [6, 6.07) is 1.06. The molecule has 1 rings (SSSR count). The van der Waals surface area contributed by atoms with Crippen molar-refractivity contribution in [3.63, 3.8) is 0 Å². The summed E-state index contributed by atoms with van der Waals surface area (Å²) < 4.78 is 46.6. The van der Waals surface area contributed by atoms with Crippen LogP contribution < -0.4 is 5.14 Å². The first-order valence-corrected chi connectivity index (χ1v) is 6.05. The number of hydrogen-bond donors (Lipinski definition) is 1. The Balaban J connectivity index is 3.46. The second-order valence-corrected chi connectivity index (χ2v) is 5.11. The molecule has 1 aromatic rings. The van der Waals surface area contributed by atoms with Crippen LogP contribution in [0, 0.1) is 6.92 Å². The Bertz CT molecular complexity index is 490. The highest BCUT2D eigenvalue weighted by molar-refractivity contribution is 9.10. The molecule has 1 heterocycles. The molecule has 0 aliphatic carbocycles. The van der Waals surface area contributed by atoms with Gasteiger partial charge in [-0.3, -0.25) is 0 Å². The predicted octanol–water partition coefficient (Wildman–Crippen LogP) is 1.74. The molecule has 0 spiro atoms. The lowest BCUT2D eigenvalue weighted by atomic mass is 10.2. The second kappa shape index (κ2) is 4.11. The first kappa shape index (κ1) is 12.5. The fourth-order valence-corrected chi connectivity index (χ4v) is 2.60. The minimum absolute atomic E-state index is 0.0808. The summed E-state index contributed by atoms with van der Waals surface area (Å²) in [6.45, 7) is 1.34. The zero-order valence-electron chi connectivity index (χ0n) is 7.54. The third-order valence-electron chi connectivity index (χ3n) is 1.69. The number of sulfonamides is 1. The van der Waals surface area contributed by atoms with Crippen molar-refractivity contribution in [3.8, 4) is 0 Å². The average molecular weight is 301 g/mol. The normalized spacial score (nSPS) is 12.1. The van der Waals surface area contributed by atoms with Gasteiger partial charge in [0.2, 0.25) is 10.0 Å². The lowest BCUT2D eigenvalue weighted by Crippen LogP contribution is -2.14. The van der Waals surface area contributed by atoms with Gasteiger partial charge in [0.25, 0.3) is 6.43 Å². The monoisotopic (exact) mass is 300 g/mol. The molecule has 1 aromatic heterocycles. The van der Waals surface area contributed by atoms with Gasteiger partial charge in [-0.05, 0) is 34.5 Å². The fourth-order valence-electron chi connectivity index (χ4n) is 1.000. The molecular weight excluding hydrogens is 294 g/mol. The molecule has 84 valence electrons. The number of alkyl halides is 2. The van der Waals surface area contributed by atoms with Gasteiger partial charge in [-0.1, -0.05) is 0 Å². The van der Waals surface area contributed by atoms with Crippen molar-refractivity contribution in [1.82, 2.24) is 4.98 Å². The summed E-state index contributed by atoms with van der Waals surface area (Å²) in [5.74, 6) is 0. The van der Waals surface area contributed by atoms with E-state index in [1.54, 1.807) is 0 Å². The quantitative estimate of drug-likeness (QED) is 0.846. The van der Waals surface area contributed by atoms with Crippen molar-refractivity contribution in [1.29, 1.82) is 0 Å². The van der Waals surface area contributed by atoms with Crippen molar-refractivity contribution in [2.45, 2.75) is 18.2 Å². The van der Waals surface area contributed by atoms with Crippen LogP contribution in [0.15, 0.2) is 15.6 Å². The Morgan fingerprint density at radius 3 is 2.47 bits per heavy atom. The van der Waals surface area contributed by atoms with E-state index in [1.165, 1.54) is 6.92 Å². The summed E-state index contributed by atoms with van der Waals surface area (Å²) >= 11 is 2.78. The molecule has 15 heavy (non-hydrogen) atoms. The molecule has 0 saturated carbocycles. The van der Waals surface area contributed by atoms with Crippen LogP contribution in [0.5, 0.6) is 0 Å². The van der Waals surface area contributed by atoms with Crippen LogP contribution in [0.25, 0.3) is 0 Å². The molecule has 0 radical (unpaired) electrons. The third kappa shape index (κ3) is 2.70. The van der Waals surface area contributed by atoms with E-state index < -0.39 is 22.1 Å². The SMILES string of the molecule is Cc1cc(S(N)(=O)=O)c(Br)nc1C(F)F. The van der Waals surface area contributed by atoms with Crippen LogP contribution in [0.2, 0.25) is 0 Å². The summed E-state index contributed by atoms with van der Waals surface area (Å²) in [4.78, 5) is 3.14. The van der Waals surface area contributed by atoms with E-state index in [1.807, 2.05) is 0 Å². The minimum Gasteiger partial charge on any atom is -0.238 e. The van der Waals surface area contributed by atoms with Crippen molar-refractivity contribution >= 4 is 26.0 Å². The van der Waals surface area contributed by atoms with Gasteiger partial charge in [-0.2, -0.15) is 0 Å². The highest BCUT2D eigenvalue weighted by Gasteiger charge is 2.20. The molecule has 4 nitrogen and oxygen atoms in total. The smallest absolute Gasteiger partial charge is 0.238 e. The maximum absolute atomic E-state index is 12.4. The number of primary sulfonamides is 1. The first-order valence-electron chi connectivity index (χ1n) is 3.71. The Morgan fingerprint density at radius 2 is 2.07 bits per heavy atom. The molecule has 0 saturated heterocycles. The predicted molar refractivity (Wildman–Crippen MR) is 53.0 cm³/mol. The summed E-state index contributed by atoms with van der Waals surface area (Å²) in [7, 11) is -3.95. The van der Waals surface area contributed by atoms with Crippen molar-refractivity contribution in [3.05, 3.63) is 21.9 Å². The zero-order chi connectivity index (χ0) is 11.8. The third-order valence-corrected chi connectivity index (χ3v) is 3.48. The summed E-state index contributed by atoms with van der Waals surface area (Å²) in [6.07, 6.45) is -2.75. The molecule has 0 aromatic carbocycles. The number of rotatable bonds is 2. The molecular formula is C7H7BrF2N2O2S. The molecule has 8 heteroatoms. The Labute approximate surface area is 93.7 Å². The van der Waals surface area contributed by atoms with E-state index in [0.29, 0.717) is 0 Å². The van der Waals surface area contributed by atoms with Crippen molar-refractivity contribution in [2.24, 2.45) is 5.14 Å². The highest BCUT2D eigenvalue weighted by Crippen LogP contribution is 2.27. The Hall–Kier alpha value is -0.600. The van der Waals surface area contributed by atoms with Gasteiger partial charge in [0, 0.05) is 0 Å². The van der Waals surface area contributed by atoms with E-state index in [0.717, 1.165) is 6.07 Å². The lowest BCUT2D eigenvalue weighted by molar-refractivity contribution is 0.145. The topological polar surface area (TPSA) is 73.1 Å². The lowest BCUT2D eigenvalue weighted by Gasteiger charge is -2.07. The summed E-state index contributed by atoms with van der Waals surface area (Å²) in [5.41, 5.74) is -0.383. The highest BCUT2D eigenvalue weighted by atomic mass is 79.9. The van der Waals surface area contributed by atoms with Gasteiger partial charge in [0.05, 0.1) is 0 Å². The molecule has 0 aliphatic heterocycles. The Kier molecular flexibility index (Phi) is 3.41. The van der Waals surface area contributed by atoms with E-state index in [9.17, 15) is 17.2 Å². The van der Waals surface area contributed by atoms with E-state index in [-0.39, 0.29) is 15.1 Å². The molecule has 0 unspecified atom stereocenters. The fraction of sp³-hybridized carbons (Fsp3) is 0.286. The zero-order valence-corrected chi connectivity index (χ0v) is 9.94. The molecule has 0 bridgehead atoms. The van der Waals surface area contributed by atoms with Gasteiger partial charge in [0.1, 0.15) is 15.2 Å². The van der Waals surface area contributed by atoms with Crippen LogP contribution in [0.4, 0.5) is 8.78 Å². The number of pyridine rings is 1. The van der Waals surface area contributed by atoms with Crippen LogP contribution in [-0.4, -0.2) is 13.4 Å². The molecule has 0 fully saturated rings. The molecule has 0 amide bonds. The molecule has 0 aliphatic rings. The van der Waals surface area contributed by atoms with E-state index in [2.05, 4.69) is 20.9 Å². The van der Waals surface area contributed by atoms with Gasteiger partial charge in [-0.25, -0.2) is 27.3 Å². The molecule has 0 atom stereocenters. The number of nitrogens with two attached hydrogens (primary N) is 1. The van der Waals surface area contributed by atoms with Crippen LogP contribution >= 0.6 is 15.9 Å². The minimum atomic E-state index is -3.95. The van der Waals surface area contributed by atoms with E-state index >= 15 is 0 Å². The number of nitrogens with zero attached hydrogens (tertiary/aromatic N) is 1. The number of aryl methyl sites for hydroxylation is 1. The summed E-state index contributed by atoms with van der Waals surface area (Å²) in [5, 5.41) is 4.87. The second-order valence-electron chi connectivity index (χ2n) is 2.83. The largest absolute Gasteiger partial charge is 0.280 e. The van der Waals surface area contributed by atoms with Crippen LogP contribution in [0.3, 0.4) is 0 Å². The van der Waals surface area contributed by atoms with Crippen LogP contribution in [0.1, 0.15) is 17.7 Å². The maximum atomic E-state index is 12.4. The standard InChI is InChI=1S/C7H7BrF2N2O2S/c1-3-2-4(15(11,13)14)6(8)12-5(3)7(9)10/h2,7H,1H3,(H2,11,13,14).